The van der Waals surface area contributed by atoms with Gasteiger partial charge in [0.15, 0.2) is 0 Å². The number of nitrogens with zero attached hydrogens (tertiary/aromatic N) is 2. The number of likely N-dealkylation sites (tertiary alicyclic amines) is 1. The smallest absolute Gasteiger partial charge is 0.226 e. The van der Waals surface area contributed by atoms with E-state index in [1.807, 2.05) is 6.92 Å². The van der Waals surface area contributed by atoms with E-state index in [4.69, 9.17) is 0 Å². The molecule has 1 N–H and O–H groups in total. The first kappa shape index (κ1) is 11.9. The van der Waals surface area contributed by atoms with Crippen LogP contribution >= 0.6 is 0 Å². The Bertz CT molecular complexity index is 257. The van der Waals surface area contributed by atoms with Crippen LogP contribution in [0.15, 0.2) is 0 Å². The first-order chi connectivity index (χ1) is 7.66. The van der Waals surface area contributed by atoms with E-state index < -0.39 is 0 Å². The Morgan fingerprint density at radius 2 is 2.25 bits per heavy atom. The third kappa shape index (κ3) is 2.74. The highest BCUT2D eigenvalue weighted by Crippen LogP contribution is 2.17. The molecule has 0 aliphatic carbocycles. The fourth-order valence-corrected chi connectivity index (χ4v) is 2.71. The lowest BCUT2D eigenvalue weighted by molar-refractivity contribution is -0.134. The molecule has 92 valence electrons. The molecule has 0 aromatic carbocycles. The molecule has 4 heteroatoms. The minimum atomic E-state index is 0.140. The van der Waals surface area contributed by atoms with Gasteiger partial charge in [-0.05, 0) is 25.9 Å². The maximum Gasteiger partial charge on any atom is 0.226 e. The lowest BCUT2D eigenvalue weighted by atomic mass is 10.1. The summed E-state index contributed by atoms with van der Waals surface area (Å²) in [5.41, 5.74) is 0. The van der Waals surface area contributed by atoms with Crippen molar-refractivity contribution < 1.29 is 4.79 Å². The van der Waals surface area contributed by atoms with Gasteiger partial charge in [0.1, 0.15) is 0 Å². The van der Waals surface area contributed by atoms with Crippen molar-refractivity contribution in [1.82, 2.24) is 15.1 Å². The van der Waals surface area contributed by atoms with E-state index >= 15 is 0 Å². The second-order valence-corrected chi connectivity index (χ2v) is 5.31. The summed E-state index contributed by atoms with van der Waals surface area (Å²) in [5, 5.41) is 3.32. The maximum atomic E-state index is 12.1. The normalized spacial score (nSPS) is 33.1. The number of carbonyl (C=O) groups is 1. The molecule has 2 fully saturated rings. The molecular weight excluding hydrogens is 202 g/mol. The van der Waals surface area contributed by atoms with Gasteiger partial charge in [-0.3, -0.25) is 4.79 Å². The minimum Gasteiger partial charge on any atom is -0.341 e. The Balaban J connectivity index is 1.89. The highest BCUT2D eigenvalue weighted by atomic mass is 16.2. The van der Waals surface area contributed by atoms with Crippen LogP contribution in [-0.4, -0.2) is 62.0 Å². The first-order valence-corrected chi connectivity index (χ1v) is 6.35. The van der Waals surface area contributed by atoms with E-state index in [1.54, 1.807) is 0 Å². The molecule has 0 spiro atoms. The van der Waals surface area contributed by atoms with Crippen LogP contribution < -0.4 is 5.32 Å². The molecule has 0 bridgehead atoms. The van der Waals surface area contributed by atoms with E-state index in [9.17, 15) is 4.79 Å². The van der Waals surface area contributed by atoms with Crippen LogP contribution in [0.5, 0.6) is 0 Å². The second-order valence-electron chi connectivity index (χ2n) is 5.31. The fourth-order valence-electron chi connectivity index (χ4n) is 2.71. The Morgan fingerprint density at radius 1 is 1.44 bits per heavy atom. The minimum absolute atomic E-state index is 0.140. The third-order valence-corrected chi connectivity index (χ3v) is 3.71. The quantitative estimate of drug-likeness (QED) is 0.719. The van der Waals surface area contributed by atoms with E-state index in [1.165, 1.54) is 13.0 Å². The summed E-state index contributed by atoms with van der Waals surface area (Å²) in [5.74, 6) is 1.15. The molecule has 16 heavy (non-hydrogen) atoms. The molecule has 2 aliphatic rings. The van der Waals surface area contributed by atoms with Gasteiger partial charge in [-0.1, -0.05) is 6.92 Å². The van der Waals surface area contributed by atoms with Crippen LogP contribution in [-0.2, 0) is 4.79 Å². The zero-order chi connectivity index (χ0) is 11.5. The van der Waals surface area contributed by atoms with Gasteiger partial charge < -0.3 is 15.1 Å². The lowest BCUT2D eigenvalue weighted by Crippen LogP contribution is -2.39. The molecule has 2 unspecified atom stereocenters. The van der Waals surface area contributed by atoms with Crippen molar-refractivity contribution in [3.63, 3.8) is 0 Å². The monoisotopic (exact) mass is 225 g/mol. The molecule has 0 saturated carbocycles. The number of nitrogens with one attached hydrogen (secondary N) is 1. The maximum absolute atomic E-state index is 12.1. The van der Waals surface area contributed by atoms with E-state index in [-0.39, 0.29) is 5.92 Å². The van der Waals surface area contributed by atoms with Crippen molar-refractivity contribution in [3.05, 3.63) is 0 Å². The molecular formula is C12H23N3O. The van der Waals surface area contributed by atoms with Crippen LogP contribution in [0.1, 0.15) is 13.3 Å². The molecule has 4 nitrogen and oxygen atoms in total. The largest absolute Gasteiger partial charge is 0.341 e. The van der Waals surface area contributed by atoms with Crippen molar-refractivity contribution in [2.75, 3.05) is 46.3 Å². The van der Waals surface area contributed by atoms with Gasteiger partial charge in [0.2, 0.25) is 5.91 Å². The standard InChI is InChI=1S/C12H23N3O/c1-10-7-13-4-6-15(12(10)16)9-11-3-5-14(2)8-11/h10-11,13H,3-9H2,1-2H3. The highest BCUT2D eigenvalue weighted by Gasteiger charge is 2.27. The molecule has 0 aromatic rings. The molecule has 2 atom stereocenters. The Morgan fingerprint density at radius 3 is 2.94 bits per heavy atom. The van der Waals surface area contributed by atoms with E-state index in [2.05, 4.69) is 22.2 Å². The molecule has 2 saturated heterocycles. The summed E-state index contributed by atoms with van der Waals surface area (Å²) in [4.78, 5) is 16.5. The SMILES string of the molecule is CC1CNCCN(CC2CCN(C)C2)C1=O. The number of carbonyl (C=O) groups excluding carboxylic acids is 1. The summed E-state index contributed by atoms with van der Waals surface area (Å²) in [6.07, 6.45) is 1.24. The van der Waals surface area contributed by atoms with Crippen molar-refractivity contribution in [1.29, 1.82) is 0 Å². The molecule has 2 aliphatic heterocycles. The zero-order valence-electron chi connectivity index (χ0n) is 10.4. The fraction of sp³-hybridized carbons (Fsp3) is 0.917. The van der Waals surface area contributed by atoms with Crippen LogP contribution in [0.4, 0.5) is 0 Å². The topological polar surface area (TPSA) is 35.6 Å². The summed E-state index contributed by atoms with van der Waals surface area (Å²) >= 11 is 0. The van der Waals surface area contributed by atoms with Crippen LogP contribution in [0.2, 0.25) is 0 Å². The van der Waals surface area contributed by atoms with E-state index in [0.29, 0.717) is 11.8 Å². The predicted octanol–water partition coefficient (Wildman–Crippen LogP) is 0.00600. The predicted molar refractivity (Wildman–Crippen MR) is 64.2 cm³/mol. The van der Waals surface area contributed by atoms with Gasteiger partial charge in [0.05, 0.1) is 0 Å². The Kier molecular flexibility index (Phi) is 3.82. The van der Waals surface area contributed by atoms with Gasteiger partial charge in [-0.2, -0.15) is 0 Å². The molecule has 2 heterocycles. The van der Waals surface area contributed by atoms with Crippen molar-refractivity contribution in [3.8, 4) is 0 Å². The van der Waals surface area contributed by atoms with Gasteiger partial charge >= 0.3 is 0 Å². The summed E-state index contributed by atoms with van der Waals surface area (Å²) in [6, 6.07) is 0. The average molecular weight is 225 g/mol. The molecule has 1 amide bonds. The van der Waals surface area contributed by atoms with Crippen LogP contribution in [0, 0.1) is 11.8 Å². The number of amides is 1. The first-order valence-electron chi connectivity index (χ1n) is 6.35. The number of hydrogen-bond acceptors (Lipinski definition) is 3. The summed E-state index contributed by atoms with van der Waals surface area (Å²) in [6.45, 7) is 7.96. The summed E-state index contributed by atoms with van der Waals surface area (Å²) < 4.78 is 0. The second kappa shape index (κ2) is 5.15. The Hall–Kier alpha value is -0.610. The Labute approximate surface area is 98.0 Å². The highest BCUT2D eigenvalue weighted by molar-refractivity contribution is 5.79. The van der Waals surface area contributed by atoms with Crippen LogP contribution in [0.25, 0.3) is 0 Å². The van der Waals surface area contributed by atoms with Crippen molar-refractivity contribution in [2.45, 2.75) is 13.3 Å². The molecule has 0 aromatic heterocycles. The van der Waals surface area contributed by atoms with Crippen molar-refractivity contribution >= 4 is 5.91 Å². The summed E-state index contributed by atoms with van der Waals surface area (Å²) in [7, 11) is 2.16. The van der Waals surface area contributed by atoms with Crippen LogP contribution in [0.3, 0.4) is 0 Å². The zero-order valence-corrected chi connectivity index (χ0v) is 10.4. The van der Waals surface area contributed by atoms with Gasteiger partial charge in [-0.25, -0.2) is 0 Å². The third-order valence-electron chi connectivity index (χ3n) is 3.71. The number of hydrogen-bond donors (Lipinski definition) is 1. The number of rotatable bonds is 2. The van der Waals surface area contributed by atoms with E-state index in [0.717, 1.165) is 32.7 Å². The van der Waals surface area contributed by atoms with Gasteiger partial charge in [-0.15, -0.1) is 0 Å². The van der Waals surface area contributed by atoms with Crippen molar-refractivity contribution in [2.24, 2.45) is 11.8 Å². The average Bonchev–Trinajstić information content (AvgIpc) is 2.60. The van der Waals surface area contributed by atoms with Gasteiger partial charge in [0.25, 0.3) is 0 Å². The van der Waals surface area contributed by atoms with Gasteiger partial charge in [0, 0.05) is 38.6 Å². The molecule has 0 radical (unpaired) electrons. The molecule has 2 rings (SSSR count). The lowest BCUT2D eigenvalue weighted by Gasteiger charge is -2.25.